The second kappa shape index (κ2) is 8.65. The van der Waals surface area contributed by atoms with Gasteiger partial charge in [-0.05, 0) is 31.2 Å². The van der Waals surface area contributed by atoms with Crippen molar-refractivity contribution in [2.75, 3.05) is 5.32 Å². The molecule has 5 heterocycles. The fourth-order valence-corrected chi connectivity index (χ4v) is 5.06. The molecule has 0 atom stereocenters. The summed E-state index contributed by atoms with van der Waals surface area (Å²) in [6, 6.07) is 11.7. The van der Waals surface area contributed by atoms with Gasteiger partial charge in [0, 0.05) is 33.5 Å². The van der Waals surface area contributed by atoms with Crippen molar-refractivity contribution in [2.45, 2.75) is 20.3 Å². The number of aromatic amines is 2. The number of aromatic nitrogens is 6. The molecule has 0 radical (unpaired) electrons. The molecule has 1 aromatic carbocycles. The number of fused-ring (bicyclic) bond motifs is 2. The molecule has 5 aromatic heterocycles. The van der Waals surface area contributed by atoms with Crippen molar-refractivity contribution in [2.24, 2.45) is 0 Å². The van der Waals surface area contributed by atoms with E-state index < -0.39 is 5.82 Å². The van der Waals surface area contributed by atoms with E-state index in [9.17, 15) is 4.79 Å². The minimum atomic E-state index is -0.549. The standard InChI is InChI=1S/C26H20FN7OS/c1-3-20(35)30-15-9-14(10-28-11-15)23-22(27)21-18(12-29-23)33-34-25(21)26-31-17-6-4-5-16(24(17)32-26)19-8-7-13(2)36-19/h4-12H,3H2,1-2H3,(H,30,35)(H,31,32)(H,33,34). The first-order valence-electron chi connectivity index (χ1n) is 11.4. The summed E-state index contributed by atoms with van der Waals surface area (Å²) in [4.78, 5) is 30.6. The quantitative estimate of drug-likeness (QED) is 0.267. The summed E-state index contributed by atoms with van der Waals surface area (Å²) in [7, 11) is 0. The average Bonchev–Trinajstić information content (AvgIpc) is 3.62. The Kier molecular flexibility index (Phi) is 5.30. The summed E-state index contributed by atoms with van der Waals surface area (Å²) in [5, 5.41) is 10.2. The molecule has 0 aliphatic carbocycles. The minimum Gasteiger partial charge on any atom is -0.336 e. The fraction of sp³-hybridized carbons (Fsp3) is 0.115. The number of para-hydroxylation sites is 1. The van der Waals surface area contributed by atoms with E-state index in [0.29, 0.717) is 34.7 Å². The molecule has 178 valence electrons. The number of imidazole rings is 1. The zero-order chi connectivity index (χ0) is 24.8. The highest BCUT2D eigenvalue weighted by Crippen LogP contribution is 2.36. The van der Waals surface area contributed by atoms with Gasteiger partial charge >= 0.3 is 0 Å². The van der Waals surface area contributed by atoms with E-state index >= 15 is 4.39 Å². The number of thiophene rings is 1. The van der Waals surface area contributed by atoms with Crippen LogP contribution in [0.1, 0.15) is 18.2 Å². The summed E-state index contributed by atoms with van der Waals surface area (Å²) in [6.07, 6.45) is 4.88. The Balaban J connectivity index is 1.47. The van der Waals surface area contributed by atoms with Crippen molar-refractivity contribution >= 4 is 44.9 Å². The number of pyridine rings is 2. The number of aryl methyl sites for hydroxylation is 1. The summed E-state index contributed by atoms with van der Waals surface area (Å²) in [5.41, 5.74) is 4.49. The van der Waals surface area contributed by atoms with E-state index in [-0.39, 0.29) is 17.0 Å². The van der Waals surface area contributed by atoms with Gasteiger partial charge < -0.3 is 10.3 Å². The van der Waals surface area contributed by atoms with Gasteiger partial charge in [-0.3, -0.25) is 19.9 Å². The summed E-state index contributed by atoms with van der Waals surface area (Å²) < 4.78 is 15.9. The number of H-pyrrole nitrogens is 2. The van der Waals surface area contributed by atoms with Crippen LogP contribution >= 0.6 is 11.3 Å². The second-order valence-corrected chi connectivity index (χ2v) is 9.63. The number of halogens is 1. The van der Waals surface area contributed by atoms with Crippen molar-refractivity contribution in [1.82, 2.24) is 30.1 Å². The Labute approximate surface area is 208 Å². The molecule has 3 N–H and O–H groups in total. The third-order valence-corrected chi connectivity index (χ3v) is 6.94. The Bertz CT molecular complexity index is 1770. The van der Waals surface area contributed by atoms with E-state index in [1.807, 2.05) is 18.2 Å². The highest BCUT2D eigenvalue weighted by molar-refractivity contribution is 7.15. The van der Waals surface area contributed by atoms with Crippen LogP contribution in [0.3, 0.4) is 0 Å². The molecule has 6 rings (SSSR count). The molecule has 0 aliphatic heterocycles. The molecular weight excluding hydrogens is 477 g/mol. The molecule has 0 aliphatic rings. The third-order valence-electron chi connectivity index (χ3n) is 5.91. The molecule has 0 fully saturated rings. The maximum atomic E-state index is 15.9. The zero-order valence-electron chi connectivity index (χ0n) is 19.4. The van der Waals surface area contributed by atoms with Crippen LogP contribution in [0.5, 0.6) is 0 Å². The first kappa shape index (κ1) is 22.1. The fourth-order valence-electron chi connectivity index (χ4n) is 4.16. The van der Waals surface area contributed by atoms with E-state index in [1.165, 1.54) is 23.5 Å². The van der Waals surface area contributed by atoms with Crippen LogP contribution in [0.4, 0.5) is 10.1 Å². The van der Waals surface area contributed by atoms with E-state index in [2.05, 4.69) is 49.5 Å². The second-order valence-electron chi connectivity index (χ2n) is 8.34. The number of rotatable bonds is 5. The Morgan fingerprint density at radius 1 is 1.14 bits per heavy atom. The number of carbonyl (C=O) groups is 1. The molecule has 10 heteroatoms. The molecular formula is C26H20FN7OS. The largest absolute Gasteiger partial charge is 0.336 e. The molecule has 36 heavy (non-hydrogen) atoms. The number of anilines is 1. The van der Waals surface area contributed by atoms with Crippen molar-refractivity contribution in [3.05, 3.63) is 65.7 Å². The SMILES string of the molecule is CCC(=O)Nc1cncc(-c2ncc3[nH]nc(-c4nc5cccc(-c6ccc(C)s6)c5[nH]4)c3c2F)c1. The maximum Gasteiger partial charge on any atom is 0.224 e. The average molecular weight is 498 g/mol. The molecule has 0 unspecified atom stereocenters. The van der Waals surface area contributed by atoms with Gasteiger partial charge in [0.2, 0.25) is 5.91 Å². The number of amides is 1. The van der Waals surface area contributed by atoms with E-state index in [1.54, 1.807) is 24.3 Å². The molecule has 0 saturated carbocycles. The van der Waals surface area contributed by atoms with Gasteiger partial charge in [0.1, 0.15) is 11.4 Å². The van der Waals surface area contributed by atoms with Gasteiger partial charge in [0.25, 0.3) is 0 Å². The van der Waals surface area contributed by atoms with Crippen molar-refractivity contribution in [3.63, 3.8) is 0 Å². The highest BCUT2D eigenvalue weighted by atomic mass is 32.1. The lowest BCUT2D eigenvalue weighted by atomic mass is 10.1. The molecule has 1 amide bonds. The molecule has 0 spiro atoms. The summed E-state index contributed by atoms with van der Waals surface area (Å²) in [5.74, 6) is -0.251. The lowest BCUT2D eigenvalue weighted by Gasteiger charge is -2.07. The molecule has 6 aromatic rings. The first-order valence-corrected chi connectivity index (χ1v) is 12.2. The molecule has 0 saturated heterocycles. The molecule has 0 bridgehead atoms. The number of hydrogen-bond donors (Lipinski definition) is 3. The Morgan fingerprint density at radius 3 is 2.83 bits per heavy atom. The predicted octanol–water partition coefficient (Wildman–Crippen LogP) is 6.09. The van der Waals surface area contributed by atoms with Gasteiger partial charge in [0.05, 0.1) is 40.0 Å². The number of nitrogens with one attached hydrogen (secondary N) is 3. The maximum absolute atomic E-state index is 15.9. The van der Waals surface area contributed by atoms with Crippen molar-refractivity contribution in [3.8, 4) is 33.2 Å². The number of nitrogens with zero attached hydrogens (tertiary/aromatic N) is 4. The topological polar surface area (TPSA) is 112 Å². The predicted molar refractivity (Wildman–Crippen MR) is 139 cm³/mol. The lowest BCUT2D eigenvalue weighted by molar-refractivity contribution is -0.115. The Morgan fingerprint density at radius 2 is 2.03 bits per heavy atom. The van der Waals surface area contributed by atoms with Crippen LogP contribution in [0.2, 0.25) is 0 Å². The minimum absolute atomic E-state index is 0.108. The summed E-state index contributed by atoms with van der Waals surface area (Å²) in [6.45, 7) is 3.82. The highest BCUT2D eigenvalue weighted by Gasteiger charge is 2.21. The summed E-state index contributed by atoms with van der Waals surface area (Å²) >= 11 is 1.70. The van der Waals surface area contributed by atoms with Crippen molar-refractivity contribution < 1.29 is 9.18 Å². The van der Waals surface area contributed by atoms with Gasteiger partial charge in [-0.2, -0.15) is 5.10 Å². The molecule has 8 nitrogen and oxygen atoms in total. The van der Waals surface area contributed by atoms with Crippen LogP contribution in [-0.4, -0.2) is 36.0 Å². The van der Waals surface area contributed by atoms with Crippen LogP contribution in [0.15, 0.2) is 55.0 Å². The van der Waals surface area contributed by atoms with Gasteiger partial charge in [-0.15, -0.1) is 11.3 Å². The van der Waals surface area contributed by atoms with Crippen LogP contribution in [-0.2, 0) is 4.79 Å². The van der Waals surface area contributed by atoms with Crippen molar-refractivity contribution in [1.29, 1.82) is 0 Å². The zero-order valence-corrected chi connectivity index (χ0v) is 20.2. The van der Waals surface area contributed by atoms with Gasteiger partial charge in [-0.25, -0.2) is 9.37 Å². The van der Waals surface area contributed by atoms with Crippen LogP contribution in [0.25, 0.3) is 55.2 Å². The van der Waals surface area contributed by atoms with Gasteiger partial charge in [0.15, 0.2) is 11.6 Å². The van der Waals surface area contributed by atoms with E-state index in [0.717, 1.165) is 21.5 Å². The number of hydrogen-bond acceptors (Lipinski definition) is 6. The lowest BCUT2D eigenvalue weighted by Crippen LogP contribution is -2.09. The third kappa shape index (κ3) is 3.72. The number of carbonyl (C=O) groups excluding carboxylic acids is 1. The smallest absolute Gasteiger partial charge is 0.224 e. The van der Waals surface area contributed by atoms with Crippen LogP contribution < -0.4 is 5.32 Å². The van der Waals surface area contributed by atoms with E-state index in [4.69, 9.17) is 4.98 Å². The Hall–Kier alpha value is -4.44. The monoisotopic (exact) mass is 497 g/mol. The van der Waals surface area contributed by atoms with Crippen LogP contribution in [0, 0.1) is 12.7 Å². The first-order chi connectivity index (χ1) is 17.5. The van der Waals surface area contributed by atoms with Gasteiger partial charge in [-0.1, -0.05) is 19.1 Å². The number of benzene rings is 1. The normalized spacial score (nSPS) is 11.4.